The van der Waals surface area contributed by atoms with E-state index in [-0.39, 0.29) is 5.56 Å². The first-order valence-electron chi connectivity index (χ1n) is 7.50. The fourth-order valence-corrected chi connectivity index (χ4v) is 3.57. The van der Waals surface area contributed by atoms with Crippen LogP contribution in [0.4, 0.5) is 4.39 Å². The van der Waals surface area contributed by atoms with E-state index in [4.69, 9.17) is 5.11 Å². The fourth-order valence-electron chi connectivity index (χ4n) is 3.57. The fraction of sp³-hybridized carbons (Fsp3) is 0.562. The van der Waals surface area contributed by atoms with E-state index in [2.05, 4.69) is 16.8 Å². The number of likely N-dealkylation sites (tertiary alicyclic amines) is 1. The van der Waals surface area contributed by atoms with Crippen molar-refractivity contribution in [2.24, 2.45) is 0 Å². The number of likely N-dealkylation sites (N-methyl/N-ethyl adjacent to an activating group) is 1. The molecule has 0 amide bonds. The average Bonchev–Trinajstić information content (AvgIpc) is 2.68. The summed E-state index contributed by atoms with van der Waals surface area (Å²) in [7, 11) is 2.19. The van der Waals surface area contributed by atoms with Crippen LogP contribution in [0, 0.1) is 5.82 Å². The molecular formula is C16H21FN2O2. The van der Waals surface area contributed by atoms with Crippen molar-refractivity contribution >= 4 is 5.97 Å². The van der Waals surface area contributed by atoms with Gasteiger partial charge in [-0.05, 0) is 38.4 Å². The number of aromatic carboxylic acids is 1. The normalized spacial score (nSPS) is 26.8. The maximum Gasteiger partial charge on any atom is 0.335 e. The third kappa shape index (κ3) is 2.94. The van der Waals surface area contributed by atoms with Gasteiger partial charge in [-0.1, -0.05) is 6.07 Å². The van der Waals surface area contributed by atoms with Gasteiger partial charge in [0.15, 0.2) is 0 Å². The van der Waals surface area contributed by atoms with Crippen LogP contribution in [0.3, 0.4) is 0 Å². The van der Waals surface area contributed by atoms with Crippen molar-refractivity contribution in [3.05, 3.63) is 35.1 Å². The summed E-state index contributed by atoms with van der Waals surface area (Å²) in [5.41, 5.74) is 0.589. The molecule has 2 saturated heterocycles. The molecule has 114 valence electrons. The van der Waals surface area contributed by atoms with Gasteiger partial charge in [0.05, 0.1) is 5.56 Å². The first kappa shape index (κ1) is 14.5. The first-order chi connectivity index (χ1) is 10.0. The van der Waals surface area contributed by atoms with Crippen LogP contribution in [0.5, 0.6) is 0 Å². The van der Waals surface area contributed by atoms with Gasteiger partial charge in [0.1, 0.15) is 5.82 Å². The van der Waals surface area contributed by atoms with Gasteiger partial charge in [-0.2, -0.15) is 0 Å². The Balaban J connectivity index is 1.70. The molecule has 2 fully saturated rings. The van der Waals surface area contributed by atoms with E-state index in [1.165, 1.54) is 18.9 Å². The van der Waals surface area contributed by atoms with E-state index in [0.29, 0.717) is 24.2 Å². The molecular weight excluding hydrogens is 271 g/mol. The van der Waals surface area contributed by atoms with E-state index in [1.54, 1.807) is 6.07 Å². The number of halogens is 1. The molecule has 2 aliphatic rings. The molecule has 3 rings (SSSR count). The molecule has 0 radical (unpaired) electrons. The number of hydrogen-bond acceptors (Lipinski definition) is 3. The second-order valence-corrected chi connectivity index (χ2v) is 6.19. The van der Waals surface area contributed by atoms with Crippen LogP contribution in [0.15, 0.2) is 18.2 Å². The number of carboxylic acids is 1. The highest BCUT2D eigenvalue weighted by atomic mass is 19.1. The molecule has 0 spiro atoms. The smallest absolute Gasteiger partial charge is 0.335 e. The van der Waals surface area contributed by atoms with E-state index >= 15 is 0 Å². The molecule has 4 nitrogen and oxygen atoms in total. The standard InChI is InChI=1S/C16H21FN2O2/c1-18-13-4-5-14(18)10-19(7-6-13)9-12-3-2-11(16(20)21)8-15(12)17/h2-3,8,13-14H,4-7,9-10H2,1H3,(H,20,21). The molecule has 0 saturated carbocycles. The van der Waals surface area contributed by atoms with Crippen LogP contribution in [-0.4, -0.2) is 53.1 Å². The third-order valence-electron chi connectivity index (χ3n) is 4.93. The molecule has 2 bridgehead atoms. The summed E-state index contributed by atoms with van der Waals surface area (Å²) in [4.78, 5) is 15.6. The molecule has 2 aliphatic heterocycles. The van der Waals surface area contributed by atoms with Gasteiger partial charge < -0.3 is 5.11 Å². The Hall–Kier alpha value is -1.46. The molecule has 2 heterocycles. The van der Waals surface area contributed by atoms with Crippen LogP contribution in [0.25, 0.3) is 0 Å². The monoisotopic (exact) mass is 292 g/mol. The SMILES string of the molecule is CN1C2CCC1CN(Cc1ccc(C(=O)O)cc1F)CC2. The minimum atomic E-state index is -1.09. The summed E-state index contributed by atoms with van der Waals surface area (Å²) < 4.78 is 14.0. The zero-order chi connectivity index (χ0) is 15.0. The van der Waals surface area contributed by atoms with Crippen molar-refractivity contribution < 1.29 is 14.3 Å². The van der Waals surface area contributed by atoms with Gasteiger partial charge in [0.25, 0.3) is 0 Å². The minimum absolute atomic E-state index is 0.00547. The molecule has 2 unspecified atom stereocenters. The molecule has 5 heteroatoms. The Labute approximate surface area is 124 Å². The van der Waals surface area contributed by atoms with Gasteiger partial charge in [0.2, 0.25) is 0 Å². The number of nitrogens with zero attached hydrogens (tertiary/aromatic N) is 2. The largest absolute Gasteiger partial charge is 0.478 e. The molecule has 21 heavy (non-hydrogen) atoms. The highest BCUT2D eigenvalue weighted by Gasteiger charge is 2.34. The van der Waals surface area contributed by atoms with E-state index < -0.39 is 11.8 Å². The van der Waals surface area contributed by atoms with Crippen molar-refractivity contribution in [1.29, 1.82) is 0 Å². The predicted molar refractivity (Wildman–Crippen MR) is 77.8 cm³/mol. The Bertz CT molecular complexity index is 549. The Morgan fingerprint density at radius 1 is 1.33 bits per heavy atom. The van der Waals surface area contributed by atoms with Crippen molar-refractivity contribution in [2.45, 2.75) is 37.9 Å². The highest BCUT2D eigenvalue weighted by Crippen LogP contribution is 2.29. The zero-order valence-electron chi connectivity index (χ0n) is 12.3. The number of hydrogen-bond donors (Lipinski definition) is 1. The van der Waals surface area contributed by atoms with Crippen LogP contribution in [0.1, 0.15) is 35.2 Å². The van der Waals surface area contributed by atoms with Gasteiger partial charge in [-0.25, -0.2) is 9.18 Å². The van der Waals surface area contributed by atoms with E-state index in [1.807, 2.05) is 0 Å². The lowest BCUT2D eigenvalue weighted by molar-refractivity contribution is 0.0696. The van der Waals surface area contributed by atoms with Gasteiger partial charge in [-0.3, -0.25) is 9.80 Å². The number of carboxylic acid groups (broad SMARTS) is 1. The van der Waals surface area contributed by atoms with Crippen molar-refractivity contribution in [3.63, 3.8) is 0 Å². The number of carbonyl (C=O) groups is 1. The summed E-state index contributed by atoms with van der Waals surface area (Å²) in [5.74, 6) is -1.51. The summed E-state index contributed by atoms with van der Waals surface area (Å²) in [6.45, 7) is 2.50. The lowest BCUT2D eigenvalue weighted by atomic mass is 10.1. The third-order valence-corrected chi connectivity index (χ3v) is 4.93. The lowest BCUT2D eigenvalue weighted by Crippen LogP contribution is -2.36. The van der Waals surface area contributed by atoms with E-state index in [9.17, 15) is 9.18 Å². The Morgan fingerprint density at radius 3 is 2.81 bits per heavy atom. The Morgan fingerprint density at radius 2 is 2.10 bits per heavy atom. The quantitative estimate of drug-likeness (QED) is 0.927. The Kier molecular flexibility index (Phi) is 3.95. The van der Waals surface area contributed by atoms with Gasteiger partial charge in [-0.15, -0.1) is 0 Å². The van der Waals surface area contributed by atoms with Gasteiger partial charge in [0, 0.05) is 37.3 Å². The van der Waals surface area contributed by atoms with Crippen LogP contribution in [-0.2, 0) is 6.54 Å². The zero-order valence-corrected chi connectivity index (χ0v) is 12.3. The molecule has 1 N–H and O–H groups in total. The lowest BCUT2D eigenvalue weighted by Gasteiger charge is -2.25. The first-order valence-corrected chi connectivity index (χ1v) is 7.50. The van der Waals surface area contributed by atoms with Crippen LogP contribution < -0.4 is 0 Å². The summed E-state index contributed by atoms with van der Waals surface area (Å²) >= 11 is 0. The van der Waals surface area contributed by atoms with E-state index in [0.717, 1.165) is 25.6 Å². The molecule has 2 atom stereocenters. The maximum atomic E-state index is 14.0. The number of benzene rings is 1. The van der Waals surface area contributed by atoms with Crippen molar-refractivity contribution in [3.8, 4) is 0 Å². The molecule has 0 aromatic heterocycles. The van der Waals surface area contributed by atoms with Crippen LogP contribution in [0.2, 0.25) is 0 Å². The second-order valence-electron chi connectivity index (χ2n) is 6.19. The summed E-state index contributed by atoms with van der Waals surface area (Å²) in [6, 6.07) is 5.44. The highest BCUT2D eigenvalue weighted by molar-refractivity contribution is 5.87. The number of rotatable bonds is 3. The van der Waals surface area contributed by atoms with Crippen molar-refractivity contribution in [1.82, 2.24) is 9.80 Å². The summed E-state index contributed by atoms with van der Waals surface area (Å²) in [5, 5.41) is 8.88. The summed E-state index contributed by atoms with van der Waals surface area (Å²) in [6.07, 6.45) is 3.62. The number of fused-ring (bicyclic) bond motifs is 2. The molecule has 1 aromatic carbocycles. The van der Waals surface area contributed by atoms with Crippen LogP contribution >= 0.6 is 0 Å². The molecule has 1 aromatic rings. The maximum absolute atomic E-state index is 14.0. The topological polar surface area (TPSA) is 43.8 Å². The van der Waals surface area contributed by atoms with Gasteiger partial charge >= 0.3 is 5.97 Å². The second kappa shape index (κ2) is 5.73. The average molecular weight is 292 g/mol. The minimum Gasteiger partial charge on any atom is -0.478 e. The van der Waals surface area contributed by atoms with Crippen molar-refractivity contribution in [2.75, 3.05) is 20.1 Å². The molecule has 0 aliphatic carbocycles. The predicted octanol–water partition coefficient (Wildman–Crippen LogP) is 2.19.